The molecule has 2 aromatic carbocycles. The highest BCUT2D eigenvalue weighted by molar-refractivity contribution is 7.99. The van der Waals surface area contributed by atoms with Crippen molar-refractivity contribution in [2.24, 2.45) is 14.1 Å². The normalized spacial score (nSPS) is 11.0. The molecule has 0 saturated heterocycles. The van der Waals surface area contributed by atoms with Crippen molar-refractivity contribution in [1.29, 1.82) is 0 Å². The van der Waals surface area contributed by atoms with Crippen molar-refractivity contribution in [3.05, 3.63) is 104 Å². The molecule has 4 rings (SSSR count). The summed E-state index contributed by atoms with van der Waals surface area (Å²) in [7, 11) is 3.17. The van der Waals surface area contributed by atoms with Crippen LogP contribution in [0.3, 0.4) is 0 Å². The summed E-state index contributed by atoms with van der Waals surface area (Å²) in [4.78, 5) is 38.5. The molecule has 0 saturated carbocycles. The maximum absolute atomic E-state index is 13.0. The molecule has 2 N–H and O–H groups in total. The first-order valence-electron chi connectivity index (χ1n) is 10.6. The van der Waals surface area contributed by atoms with Gasteiger partial charge in [-0.2, -0.15) is 0 Å². The van der Waals surface area contributed by atoms with Crippen LogP contribution in [0.15, 0.2) is 75.4 Å². The van der Waals surface area contributed by atoms with Crippen molar-refractivity contribution in [1.82, 2.24) is 23.9 Å². The Morgan fingerprint density at radius 3 is 2.18 bits per heavy atom. The van der Waals surface area contributed by atoms with Crippen LogP contribution in [0.2, 0.25) is 0 Å². The minimum Gasteiger partial charge on any atom is -0.384 e. The first kappa shape index (κ1) is 23.2. The largest absolute Gasteiger partial charge is 0.384 e. The van der Waals surface area contributed by atoms with Gasteiger partial charge in [0.2, 0.25) is 0 Å². The van der Waals surface area contributed by atoms with Gasteiger partial charge in [0.15, 0.2) is 10.9 Å². The van der Waals surface area contributed by atoms with E-state index in [0.29, 0.717) is 11.6 Å². The molecule has 9 nitrogen and oxygen atoms in total. The Kier molecular flexibility index (Phi) is 6.78. The lowest BCUT2D eigenvalue weighted by atomic mass is 10.1. The average Bonchev–Trinajstić information content (AvgIpc) is 3.19. The molecule has 0 aliphatic carbocycles. The summed E-state index contributed by atoms with van der Waals surface area (Å²) in [6.45, 7) is 0.152. The van der Waals surface area contributed by atoms with Gasteiger partial charge in [0.1, 0.15) is 17.2 Å². The van der Waals surface area contributed by atoms with Crippen LogP contribution in [0.5, 0.6) is 0 Å². The van der Waals surface area contributed by atoms with E-state index >= 15 is 0 Å². The summed E-state index contributed by atoms with van der Waals surface area (Å²) >= 11 is 1.17. The van der Waals surface area contributed by atoms with Crippen LogP contribution in [0.25, 0.3) is 0 Å². The summed E-state index contributed by atoms with van der Waals surface area (Å²) in [5.74, 6) is 0.0797. The van der Waals surface area contributed by atoms with Gasteiger partial charge < -0.3 is 10.3 Å². The summed E-state index contributed by atoms with van der Waals surface area (Å²) < 4.78 is 3.98. The standard InChI is InChI=1S/C24H24N6O3S/c1-28-19(13-16-9-5-3-6-10-16)26-27-23(28)34-15-18(31)20-21(25)30(24(33)29(2)22(20)32)14-17-11-7-4-8-12-17/h3-12H,13-15,25H2,1-2H3. The monoisotopic (exact) mass is 476 g/mol. The van der Waals surface area contributed by atoms with Gasteiger partial charge >= 0.3 is 5.69 Å². The number of thioether (sulfide) groups is 1. The molecular weight excluding hydrogens is 452 g/mol. The number of rotatable bonds is 8. The summed E-state index contributed by atoms with van der Waals surface area (Å²) in [5, 5.41) is 8.96. The molecule has 4 aromatic rings. The highest BCUT2D eigenvalue weighted by Crippen LogP contribution is 2.19. The third-order valence-electron chi connectivity index (χ3n) is 5.51. The second kappa shape index (κ2) is 9.92. The number of carbonyl (C=O) groups is 1. The zero-order valence-corrected chi connectivity index (χ0v) is 19.7. The van der Waals surface area contributed by atoms with E-state index in [9.17, 15) is 14.4 Å². The lowest BCUT2D eigenvalue weighted by Crippen LogP contribution is -2.43. The number of Topliss-reactive ketones (excluding diaryl/α,β-unsaturated/α-hetero) is 1. The average molecular weight is 477 g/mol. The van der Waals surface area contributed by atoms with E-state index in [4.69, 9.17) is 5.73 Å². The molecule has 174 valence electrons. The Bertz CT molecular complexity index is 1440. The SMILES string of the molecule is Cn1c(Cc2ccccc2)nnc1SCC(=O)c1c(N)n(Cc2ccccc2)c(=O)n(C)c1=O. The molecule has 0 radical (unpaired) electrons. The maximum Gasteiger partial charge on any atom is 0.332 e. The zero-order valence-electron chi connectivity index (χ0n) is 18.8. The molecule has 0 bridgehead atoms. The molecule has 0 fully saturated rings. The van der Waals surface area contributed by atoms with Crippen LogP contribution < -0.4 is 17.0 Å². The summed E-state index contributed by atoms with van der Waals surface area (Å²) in [6, 6.07) is 19.1. The van der Waals surface area contributed by atoms with E-state index < -0.39 is 17.0 Å². The molecule has 34 heavy (non-hydrogen) atoms. The molecule has 10 heteroatoms. The van der Waals surface area contributed by atoms with Crippen molar-refractivity contribution in [2.75, 3.05) is 11.5 Å². The number of ketones is 1. The second-order valence-corrected chi connectivity index (χ2v) is 8.75. The maximum atomic E-state index is 13.0. The topological polar surface area (TPSA) is 118 Å². The number of aromatic nitrogens is 5. The van der Waals surface area contributed by atoms with Crippen molar-refractivity contribution >= 4 is 23.4 Å². The first-order valence-corrected chi connectivity index (χ1v) is 11.6. The number of benzene rings is 2. The lowest BCUT2D eigenvalue weighted by molar-refractivity contribution is 0.102. The van der Waals surface area contributed by atoms with Crippen LogP contribution in [0.4, 0.5) is 5.82 Å². The molecular formula is C24H24N6O3S. The first-order chi connectivity index (χ1) is 16.4. The minimum absolute atomic E-state index is 0.0692. The number of hydrogen-bond donors (Lipinski definition) is 1. The minimum atomic E-state index is -0.708. The van der Waals surface area contributed by atoms with Crippen molar-refractivity contribution < 1.29 is 4.79 Å². The number of anilines is 1. The van der Waals surface area contributed by atoms with E-state index in [2.05, 4.69) is 10.2 Å². The van der Waals surface area contributed by atoms with E-state index in [1.54, 1.807) is 0 Å². The fourth-order valence-electron chi connectivity index (χ4n) is 3.57. The van der Waals surface area contributed by atoms with E-state index in [1.165, 1.54) is 23.4 Å². The van der Waals surface area contributed by atoms with Crippen LogP contribution >= 0.6 is 11.8 Å². The van der Waals surface area contributed by atoms with Crippen LogP contribution in [0, 0.1) is 0 Å². The molecule has 0 atom stereocenters. The fraction of sp³-hybridized carbons (Fsp3) is 0.208. The van der Waals surface area contributed by atoms with Gasteiger partial charge in [-0.3, -0.25) is 18.7 Å². The van der Waals surface area contributed by atoms with Gasteiger partial charge in [0.25, 0.3) is 5.56 Å². The third-order valence-corrected chi connectivity index (χ3v) is 6.53. The van der Waals surface area contributed by atoms with Crippen molar-refractivity contribution in [3.63, 3.8) is 0 Å². The smallest absolute Gasteiger partial charge is 0.332 e. The quantitative estimate of drug-likeness (QED) is 0.305. The number of nitrogens with zero attached hydrogens (tertiary/aromatic N) is 5. The predicted molar refractivity (Wildman–Crippen MR) is 131 cm³/mol. The number of carbonyl (C=O) groups excluding carboxylic acids is 1. The van der Waals surface area contributed by atoms with E-state index in [0.717, 1.165) is 21.5 Å². The van der Waals surface area contributed by atoms with Gasteiger partial charge in [0.05, 0.1) is 12.3 Å². The highest BCUT2D eigenvalue weighted by Gasteiger charge is 2.22. The number of nitrogen functional groups attached to an aromatic ring is 1. The van der Waals surface area contributed by atoms with Crippen LogP contribution in [0.1, 0.15) is 27.3 Å². The molecule has 0 amide bonds. The number of hydrogen-bond acceptors (Lipinski definition) is 7. The van der Waals surface area contributed by atoms with Gasteiger partial charge in [0, 0.05) is 20.5 Å². The third kappa shape index (κ3) is 4.72. The van der Waals surface area contributed by atoms with Gasteiger partial charge in [-0.15, -0.1) is 10.2 Å². The van der Waals surface area contributed by atoms with E-state index in [1.807, 2.05) is 72.3 Å². The Balaban J connectivity index is 1.56. The van der Waals surface area contributed by atoms with Gasteiger partial charge in [-0.05, 0) is 11.1 Å². The molecule has 2 heterocycles. The molecule has 2 aromatic heterocycles. The summed E-state index contributed by atoms with van der Waals surface area (Å²) in [5.41, 5.74) is 6.62. The summed E-state index contributed by atoms with van der Waals surface area (Å²) in [6.07, 6.45) is 0.608. The highest BCUT2D eigenvalue weighted by atomic mass is 32.2. The van der Waals surface area contributed by atoms with Gasteiger partial charge in [-0.25, -0.2) is 4.79 Å². The Hall–Kier alpha value is -3.92. The number of nitrogens with two attached hydrogens (primary N) is 1. The zero-order chi connectivity index (χ0) is 24.2. The van der Waals surface area contributed by atoms with Crippen LogP contribution in [-0.2, 0) is 27.1 Å². The van der Waals surface area contributed by atoms with Crippen molar-refractivity contribution in [2.45, 2.75) is 18.1 Å². The molecule has 0 spiro atoms. The molecule has 0 unspecified atom stereocenters. The molecule has 0 aliphatic rings. The Morgan fingerprint density at radius 2 is 1.53 bits per heavy atom. The Morgan fingerprint density at radius 1 is 0.912 bits per heavy atom. The predicted octanol–water partition coefficient (Wildman–Crippen LogP) is 1.87. The van der Waals surface area contributed by atoms with E-state index in [-0.39, 0.29) is 23.7 Å². The van der Waals surface area contributed by atoms with Crippen molar-refractivity contribution in [3.8, 4) is 0 Å². The fourth-order valence-corrected chi connectivity index (χ4v) is 4.37. The second-order valence-electron chi connectivity index (χ2n) is 7.81. The Labute approximate surface area is 199 Å². The van der Waals surface area contributed by atoms with Crippen LogP contribution in [-0.4, -0.2) is 35.4 Å². The lowest BCUT2D eigenvalue weighted by Gasteiger charge is -2.14. The molecule has 0 aliphatic heterocycles. The van der Waals surface area contributed by atoms with Gasteiger partial charge in [-0.1, -0.05) is 72.4 Å².